The molecule has 3 aliphatic heterocycles. The van der Waals surface area contributed by atoms with Gasteiger partial charge in [-0.05, 0) is 72.0 Å². The number of methoxy groups -OCH3 is 1. The highest BCUT2D eigenvalue weighted by atomic mass is 79.9. The van der Waals surface area contributed by atoms with Crippen molar-refractivity contribution in [2.24, 2.45) is 11.8 Å². The Bertz CT molecular complexity index is 1240. The average molecular weight is 648 g/mol. The summed E-state index contributed by atoms with van der Waals surface area (Å²) in [4.78, 5) is 26.3. The maximum Gasteiger partial charge on any atom is 0.363 e. The number of pyridine rings is 2. The molecule has 7 unspecified atom stereocenters. The zero-order valence-corrected chi connectivity index (χ0v) is 25.8. The molecular formula is C30H40BrFN6O4. The van der Waals surface area contributed by atoms with E-state index in [-0.39, 0.29) is 34.8 Å². The standard InChI is InChI=1S/C30H40BrFN6O4/c1-19-18-42-30-28(31)25(32)12-22-10-21(16-37(19)29(22)30)15-36(14-20-7-8-33-27(11-20)41-2)24-4-3-9-35(17-24)23-5-6-26(34-13-23)38(39)40/h5-8,11,13,19,21-22,24-25,28-30H,3-4,9-10,12,14-18H2,1-2H3/t19?,21?,22?,24-,25?,28?,29?,30?/m0/s1. The first-order valence-corrected chi connectivity index (χ1v) is 16.0. The monoisotopic (exact) mass is 646 g/mol. The first-order chi connectivity index (χ1) is 20.3. The van der Waals surface area contributed by atoms with Crippen LogP contribution < -0.4 is 9.64 Å². The molecule has 0 amide bonds. The van der Waals surface area contributed by atoms with Crippen LogP contribution in [-0.2, 0) is 11.3 Å². The molecule has 2 aromatic rings. The zero-order chi connectivity index (χ0) is 29.4. The van der Waals surface area contributed by atoms with Gasteiger partial charge in [0.15, 0.2) is 6.20 Å². The molecule has 8 atom stereocenters. The lowest BCUT2D eigenvalue weighted by Gasteiger charge is -2.57. The summed E-state index contributed by atoms with van der Waals surface area (Å²) in [5, 5.41) is 11.1. The molecule has 0 bridgehead atoms. The second kappa shape index (κ2) is 12.7. The first-order valence-electron chi connectivity index (χ1n) is 15.0. The van der Waals surface area contributed by atoms with Crippen LogP contribution in [0.25, 0.3) is 0 Å². The van der Waals surface area contributed by atoms with Gasteiger partial charge in [-0.15, -0.1) is 0 Å². The number of halogens is 2. The van der Waals surface area contributed by atoms with Gasteiger partial charge in [0.05, 0.1) is 30.3 Å². The highest BCUT2D eigenvalue weighted by molar-refractivity contribution is 9.09. The van der Waals surface area contributed by atoms with E-state index in [0.717, 1.165) is 63.2 Å². The summed E-state index contributed by atoms with van der Waals surface area (Å²) in [6, 6.07) is 8.19. The largest absolute Gasteiger partial charge is 0.481 e. The van der Waals surface area contributed by atoms with E-state index >= 15 is 4.39 Å². The Balaban J connectivity index is 1.23. The van der Waals surface area contributed by atoms with E-state index in [0.29, 0.717) is 30.9 Å². The van der Waals surface area contributed by atoms with Crippen molar-refractivity contribution >= 4 is 27.4 Å². The third-order valence-electron chi connectivity index (χ3n) is 9.68. The van der Waals surface area contributed by atoms with Crippen LogP contribution in [0.1, 0.15) is 38.2 Å². The van der Waals surface area contributed by atoms with Gasteiger partial charge >= 0.3 is 5.82 Å². The Hall–Kier alpha value is -2.41. The molecule has 0 N–H and O–H groups in total. The van der Waals surface area contributed by atoms with Crippen molar-refractivity contribution in [2.45, 2.75) is 74.4 Å². The van der Waals surface area contributed by atoms with Gasteiger partial charge in [0.25, 0.3) is 0 Å². The number of nitrogens with zero attached hydrogens (tertiary/aromatic N) is 6. The van der Waals surface area contributed by atoms with E-state index in [2.05, 4.69) is 47.5 Å². The lowest BCUT2D eigenvalue weighted by atomic mass is 9.71. The maximum atomic E-state index is 15.1. The summed E-state index contributed by atoms with van der Waals surface area (Å²) in [7, 11) is 1.64. The van der Waals surface area contributed by atoms with Gasteiger partial charge in [-0.1, -0.05) is 15.9 Å². The van der Waals surface area contributed by atoms with Crippen molar-refractivity contribution in [1.29, 1.82) is 0 Å². The second-order valence-corrected chi connectivity index (χ2v) is 13.5. The number of hydrogen-bond donors (Lipinski definition) is 0. The highest BCUT2D eigenvalue weighted by Gasteiger charge is 2.53. The van der Waals surface area contributed by atoms with Crippen LogP contribution >= 0.6 is 15.9 Å². The molecule has 10 nitrogen and oxygen atoms in total. The average Bonchev–Trinajstić information content (AvgIpc) is 3.00. The third-order valence-corrected chi connectivity index (χ3v) is 10.8. The number of alkyl halides is 2. The van der Waals surface area contributed by atoms with Crippen LogP contribution in [0.15, 0.2) is 36.7 Å². The molecule has 12 heteroatoms. The second-order valence-electron chi connectivity index (χ2n) is 12.4. The van der Waals surface area contributed by atoms with Gasteiger partial charge in [-0.25, -0.2) is 9.37 Å². The van der Waals surface area contributed by atoms with E-state index in [1.54, 1.807) is 25.6 Å². The summed E-state index contributed by atoms with van der Waals surface area (Å²) in [5.74, 6) is 1.15. The Morgan fingerprint density at radius 3 is 2.88 bits per heavy atom. The molecule has 42 heavy (non-hydrogen) atoms. The molecule has 3 saturated heterocycles. The molecule has 6 rings (SSSR count). The molecule has 1 aliphatic carbocycles. The van der Waals surface area contributed by atoms with E-state index in [1.807, 2.05) is 12.1 Å². The summed E-state index contributed by atoms with van der Waals surface area (Å²) in [5.41, 5.74) is 2.05. The van der Waals surface area contributed by atoms with E-state index < -0.39 is 11.1 Å². The maximum absolute atomic E-state index is 15.1. The van der Waals surface area contributed by atoms with Gasteiger partial charge in [0.2, 0.25) is 5.88 Å². The molecule has 4 aliphatic rings. The molecule has 0 spiro atoms. The summed E-state index contributed by atoms with van der Waals surface area (Å²) < 4.78 is 26.7. The SMILES string of the molecule is COc1cc(CN(CC2CC3CC(F)C(Br)C4OCC(C)N(C2)C34)[C@H]2CCCN(c3ccc([N+](=O)[O-])nc3)C2)ccn1. The Labute approximate surface area is 254 Å². The highest BCUT2D eigenvalue weighted by Crippen LogP contribution is 2.45. The molecular weight excluding hydrogens is 607 g/mol. The molecule has 2 aromatic heterocycles. The number of hydrogen-bond acceptors (Lipinski definition) is 9. The minimum atomic E-state index is -0.896. The van der Waals surface area contributed by atoms with Crippen molar-refractivity contribution in [2.75, 3.05) is 44.8 Å². The van der Waals surface area contributed by atoms with Crippen molar-refractivity contribution in [1.82, 2.24) is 19.8 Å². The fourth-order valence-electron chi connectivity index (χ4n) is 7.71. The number of ether oxygens (including phenoxy) is 2. The predicted octanol–water partition coefficient (Wildman–Crippen LogP) is 4.46. The van der Waals surface area contributed by atoms with Gasteiger partial charge in [0, 0.05) is 69.2 Å². The molecule has 4 fully saturated rings. The fourth-order valence-corrected chi connectivity index (χ4v) is 8.39. The molecule has 0 aromatic carbocycles. The molecule has 1 saturated carbocycles. The van der Waals surface area contributed by atoms with Crippen LogP contribution in [0, 0.1) is 22.0 Å². The van der Waals surface area contributed by atoms with Crippen LogP contribution in [0.4, 0.5) is 15.9 Å². The smallest absolute Gasteiger partial charge is 0.363 e. The number of morpholine rings is 1. The number of rotatable bonds is 8. The number of anilines is 1. The van der Waals surface area contributed by atoms with E-state index in [4.69, 9.17) is 9.47 Å². The predicted molar refractivity (Wildman–Crippen MR) is 161 cm³/mol. The van der Waals surface area contributed by atoms with Crippen LogP contribution in [-0.4, -0.2) is 99.8 Å². The fraction of sp³-hybridized carbons (Fsp3) is 0.667. The molecule has 0 radical (unpaired) electrons. The van der Waals surface area contributed by atoms with Crippen LogP contribution in [0.3, 0.4) is 0 Å². The topological polar surface area (TPSA) is 97.1 Å². The summed E-state index contributed by atoms with van der Waals surface area (Å²) in [6.45, 7) is 7.23. The zero-order valence-electron chi connectivity index (χ0n) is 24.2. The van der Waals surface area contributed by atoms with Crippen molar-refractivity contribution in [3.05, 3.63) is 52.3 Å². The molecule has 5 heterocycles. The van der Waals surface area contributed by atoms with Crippen molar-refractivity contribution < 1.29 is 18.8 Å². The number of piperidine rings is 2. The lowest BCUT2D eigenvalue weighted by Crippen LogP contribution is -2.68. The van der Waals surface area contributed by atoms with Gasteiger partial charge in [-0.2, -0.15) is 0 Å². The quantitative estimate of drug-likeness (QED) is 0.234. The number of aromatic nitrogens is 2. The minimum absolute atomic E-state index is 0.0986. The normalized spacial score (nSPS) is 33.3. The summed E-state index contributed by atoms with van der Waals surface area (Å²) >= 11 is 3.62. The van der Waals surface area contributed by atoms with Crippen LogP contribution in [0.5, 0.6) is 5.88 Å². The van der Waals surface area contributed by atoms with Gasteiger partial charge < -0.3 is 24.5 Å². The Morgan fingerprint density at radius 2 is 2.12 bits per heavy atom. The summed E-state index contributed by atoms with van der Waals surface area (Å²) in [6.07, 6.45) is 6.06. The van der Waals surface area contributed by atoms with Gasteiger partial charge in [-0.3, -0.25) is 9.80 Å². The third kappa shape index (κ3) is 6.13. The Morgan fingerprint density at radius 1 is 1.26 bits per heavy atom. The van der Waals surface area contributed by atoms with Gasteiger partial charge in [0.1, 0.15) is 6.17 Å². The van der Waals surface area contributed by atoms with E-state index in [9.17, 15) is 10.1 Å². The van der Waals surface area contributed by atoms with Crippen molar-refractivity contribution in [3.8, 4) is 5.88 Å². The lowest BCUT2D eigenvalue weighted by molar-refractivity contribution is -0.389. The van der Waals surface area contributed by atoms with Crippen molar-refractivity contribution in [3.63, 3.8) is 0 Å². The Kier molecular flexibility index (Phi) is 8.95. The van der Waals surface area contributed by atoms with E-state index in [1.165, 1.54) is 6.07 Å². The number of nitro groups is 1. The molecule has 228 valence electrons. The first kappa shape index (κ1) is 29.7. The van der Waals surface area contributed by atoms with Crippen LogP contribution in [0.2, 0.25) is 0 Å². The minimum Gasteiger partial charge on any atom is -0.481 e.